The number of carbonyl (C=O) groups excluding carboxylic acids is 3. The van der Waals surface area contributed by atoms with Crippen molar-refractivity contribution in [3.8, 4) is 5.75 Å². The minimum Gasteiger partial charge on any atom is -0.423 e. The molecule has 6 rings (SSSR count). The number of pyridine rings is 1. The Bertz CT molecular complexity index is 1220. The predicted octanol–water partition coefficient (Wildman–Crippen LogP) is 3.78. The molecule has 33 heavy (non-hydrogen) atoms. The third-order valence-corrected chi connectivity index (χ3v) is 7.62. The fraction of sp³-hybridized carbons (Fsp3) is 0.333. The number of rotatable bonds is 5. The zero-order valence-corrected chi connectivity index (χ0v) is 18.1. The van der Waals surface area contributed by atoms with E-state index >= 15 is 0 Å². The van der Waals surface area contributed by atoms with E-state index < -0.39 is 12.0 Å². The van der Waals surface area contributed by atoms with E-state index in [1.165, 1.54) is 4.90 Å². The van der Waals surface area contributed by atoms with Crippen molar-refractivity contribution in [3.05, 3.63) is 72.4 Å². The van der Waals surface area contributed by atoms with Crippen LogP contribution >= 0.6 is 0 Å². The van der Waals surface area contributed by atoms with E-state index in [4.69, 9.17) is 4.74 Å². The molecule has 2 amide bonds. The van der Waals surface area contributed by atoms with Gasteiger partial charge in [-0.05, 0) is 48.8 Å². The van der Waals surface area contributed by atoms with Gasteiger partial charge in [-0.3, -0.25) is 19.5 Å². The highest BCUT2D eigenvalue weighted by Gasteiger charge is 2.62. The van der Waals surface area contributed by atoms with Gasteiger partial charge in [0.15, 0.2) is 5.75 Å². The number of aromatic nitrogens is 1. The number of nitrogens with zero attached hydrogens (tertiary/aromatic N) is 2. The molecule has 2 bridgehead atoms. The largest absolute Gasteiger partial charge is 0.423 e. The number of imide groups is 1. The van der Waals surface area contributed by atoms with Gasteiger partial charge < -0.3 is 4.74 Å². The molecular formula is C27H24N2O4. The first kappa shape index (κ1) is 20.1. The summed E-state index contributed by atoms with van der Waals surface area (Å²) in [5.74, 6) is -0.712. The second-order valence-corrected chi connectivity index (χ2v) is 9.39. The highest BCUT2D eigenvalue weighted by Crippen LogP contribution is 2.56. The minimum absolute atomic E-state index is 0.203. The molecule has 0 radical (unpaired) electrons. The van der Waals surface area contributed by atoms with Crippen molar-refractivity contribution in [2.24, 2.45) is 23.7 Å². The molecule has 3 fully saturated rings. The Morgan fingerprint density at radius 1 is 0.939 bits per heavy atom. The summed E-state index contributed by atoms with van der Waals surface area (Å²) in [6.07, 6.45) is 4.81. The average molecular weight is 440 g/mol. The normalized spacial score (nSPS) is 26.6. The van der Waals surface area contributed by atoms with Gasteiger partial charge >= 0.3 is 5.97 Å². The first-order valence-corrected chi connectivity index (χ1v) is 11.6. The van der Waals surface area contributed by atoms with Crippen LogP contribution in [-0.2, 0) is 20.8 Å². The van der Waals surface area contributed by atoms with Gasteiger partial charge in [-0.15, -0.1) is 0 Å². The molecule has 3 aliphatic rings. The van der Waals surface area contributed by atoms with Gasteiger partial charge in [0, 0.05) is 18.0 Å². The van der Waals surface area contributed by atoms with Crippen LogP contribution in [0.5, 0.6) is 5.75 Å². The number of carbonyl (C=O) groups is 3. The monoisotopic (exact) mass is 440 g/mol. The Labute approximate surface area is 191 Å². The summed E-state index contributed by atoms with van der Waals surface area (Å²) in [5.41, 5.74) is 1.44. The molecule has 2 aromatic carbocycles. The molecule has 166 valence electrons. The van der Waals surface area contributed by atoms with Gasteiger partial charge in [-0.2, -0.15) is 0 Å². The smallest absolute Gasteiger partial charge is 0.335 e. The van der Waals surface area contributed by atoms with Crippen LogP contribution in [0.2, 0.25) is 0 Å². The lowest BCUT2D eigenvalue weighted by molar-refractivity contribution is -0.154. The van der Waals surface area contributed by atoms with Crippen LogP contribution in [0, 0.1) is 23.7 Å². The van der Waals surface area contributed by atoms with Crippen LogP contribution < -0.4 is 4.74 Å². The number of esters is 1. The maximum absolute atomic E-state index is 13.5. The molecule has 6 heteroatoms. The third kappa shape index (κ3) is 3.24. The van der Waals surface area contributed by atoms with Crippen molar-refractivity contribution in [2.75, 3.05) is 0 Å². The maximum Gasteiger partial charge on any atom is 0.335 e. The SMILES string of the molecule is O=C(Oc1cccc2cccnc12)C(Cc1ccccc1)N1C(=O)C2C3CCC(C3)C2C1=O. The van der Waals surface area contributed by atoms with E-state index in [2.05, 4.69) is 4.98 Å². The van der Waals surface area contributed by atoms with Gasteiger partial charge in [0.2, 0.25) is 11.8 Å². The Balaban J connectivity index is 1.35. The summed E-state index contributed by atoms with van der Waals surface area (Å²) in [6.45, 7) is 0. The molecule has 5 atom stereocenters. The first-order valence-electron chi connectivity index (χ1n) is 11.6. The van der Waals surface area contributed by atoms with Crippen LogP contribution in [0.25, 0.3) is 10.9 Å². The molecule has 2 saturated carbocycles. The molecule has 1 aliphatic heterocycles. The van der Waals surface area contributed by atoms with Gasteiger partial charge in [-0.1, -0.05) is 48.5 Å². The molecule has 0 N–H and O–H groups in total. The molecule has 0 spiro atoms. The molecule has 2 aliphatic carbocycles. The quantitative estimate of drug-likeness (QED) is 0.343. The number of benzene rings is 2. The van der Waals surface area contributed by atoms with Crippen LogP contribution in [-0.4, -0.2) is 33.7 Å². The van der Waals surface area contributed by atoms with Crippen molar-refractivity contribution in [3.63, 3.8) is 0 Å². The summed E-state index contributed by atoms with van der Waals surface area (Å²) in [7, 11) is 0. The van der Waals surface area contributed by atoms with Gasteiger partial charge in [0.25, 0.3) is 0 Å². The Morgan fingerprint density at radius 3 is 2.36 bits per heavy atom. The molecule has 1 aromatic heterocycles. The van der Waals surface area contributed by atoms with Crippen LogP contribution in [0.15, 0.2) is 66.9 Å². The highest BCUT2D eigenvalue weighted by molar-refractivity contribution is 6.09. The maximum atomic E-state index is 13.5. The Hall–Kier alpha value is -3.54. The fourth-order valence-corrected chi connectivity index (χ4v) is 6.19. The Kier molecular flexibility index (Phi) is 4.75. The first-order chi connectivity index (χ1) is 16.1. The van der Waals surface area contributed by atoms with Crippen molar-refractivity contribution >= 4 is 28.7 Å². The summed E-state index contributed by atoms with van der Waals surface area (Å²) >= 11 is 0. The van der Waals surface area contributed by atoms with Crippen LogP contribution in [0.1, 0.15) is 24.8 Å². The van der Waals surface area contributed by atoms with E-state index in [0.29, 0.717) is 11.3 Å². The Morgan fingerprint density at radius 2 is 1.64 bits per heavy atom. The highest BCUT2D eigenvalue weighted by atomic mass is 16.5. The van der Waals surface area contributed by atoms with Crippen LogP contribution in [0.4, 0.5) is 0 Å². The number of likely N-dealkylation sites (tertiary alicyclic amines) is 1. The van der Waals surface area contributed by atoms with E-state index in [0.717, 1.165) is 30.2 Å². The number of amides is 2. The standard InChI is InChI=1S/C27H24N2O4/c30-25-22-18-11-12-19(15-18)23(22)26(31)29(25)20(14-16-6-2-1-3-7-16)27(32)33-21-10-4-8-17-9-5-13-28-24(17)21/h1-10,13,18-20,22-23H,11-12,14-15H2. The zero-order chi connectivity index (χ0) is 22.5. The molecule has 6 nitrogen and oxygen atoms in total. The lowest BCUT2D eigenvalue weighted by atomic mass is 9.81. The summed E-state index contributed by atoms with van der Waals surface area (Å²) in [5, 5.41) is 0.849. The van der Waals surface area contributed by atoms with Crippen molar-refractivity contribution in [1.82, 2.24) is 9.88 Å². The summed E-state index contributed by atoms with van der Waals surface area (Å²) in [4.78, 5) is 46.1. The molecule has 5 unspecified atom stereocenters. The minimum atomic E-state index is -1.00. The average Bonchev–Trinajstić information content (AvgIpc) is 3.52. The number of hydrogen-bond acceptors (Lipinski definition) is 5. The van der Waals surface area contributed by atoms with Crippen LogP contribution in [0.3, 0.4) is 0 Å². The second-order valence-electron chi connectivity index (χ2n) is 9.39. The fourth-order valence-electron chi connectivity index (χ4n) is 6.19. The topological polar surface area (TPSA) is 76.6 Å². The van der Waals surface area contributed by atoms with Crippen molar-refractivity contribution in [1.29, 1.82) is 0 Å². The van der Waals surface area contributed by atoms with Crippen molar-refractivity contribution < 1.29 is 19.1 Å². The molecule has 2 heterocycles. The van der Waals surface area contributed by atoms with Gasteiger partial charge in [-0.25, -0.2) is 4.79 Å². The van der Waals surface area contributed by atoms with E-state index in [-0.39, 0.29) is 41.9 Å². The number of hydrogen-bond donors (Lipinski definition) is 0. The second kappa shape index (κ2) is 7.80. The third-order valence-electron chi connectivity index (χ3n) is 7.62. The van der Waals surface area contributed by atoms with E-state index in [1.807, 2.05) is 48.5 Å². The van der Waals surface area contributed by atoms with E-state index in [9.17, 15) is 14.4 Å². The zero-order valence-electron chi connectivity index (χ0n) is 18.1. The summed E-state index contributed by atoms with van der Waals surface area (Å²) in [6, 6.07) is 17.6. The number of para-hydroxylation sites is 1. The molecule has 1 saturated heterocycles. The molecule has 3 aromatic rings. The predicted molar refractivity (Wildman–Crippen MR) is 121 cm³/mol. The van der Waals surface area contributed by atoms with E-state index in [1.54, 1.807) is 18.3 Å². The number of ether oxygens (including phenoxy) is 1. The van der Waals surface area contributed by atoms with Crippen molar-refractivity contribution in [2.45, 2.75) is 31.7 Å². The number of fused-ring (bicyclic) bond motifs is 6. The summed E-state index contributed by atoms with van der Waals surface area (Å²) < 4.78 is 5.81. The lowest BCUT2D eigenvalue weighted by Gasteiger charge is -2.26. The molecular weight excluding hydrogens is 416 g/mol. The van der Waals surface area contributed by atoms with Gasteiger partial charge in [0.05, 0.1) is 11.8 Å². The van der Waals surface area contributed by atoms with Gasteiger partial charge in [0.1, 0.15) is 11.6 Å². The lowest BCUT2D eigenvalue weighted by Crippen LogP contribution is -2.49.